The molecule has 0 atom stereocenters. The SMILES string of the molecule is C(=C\c1ccccc1)/CNCc1cc[nH]c1. The fraction of sp³-hybridized carbons (Fsp3) is 0.143. The highest BCUT2D eigenvalue weighted by atomic mass is 14.8. The summed E-state index contributed by atoms with van der Waals surface area (Å²) < 4.78 is 0. The highest BCUT2D eigenvalue weighted by Crippen LogP contribution is 2.00. The summed E-state index contributed by atoms with van der Waals surface area (Å²) in [5.74, 6) is 0. The number of nitrogens with one attached hydrogen (secondary N) is 2. The van der Waals surface area contributed by atoms with E-state index in [0.29, 0.717) is 0 Å². The Labute approximate surface area is 96.0 Å². The molecule has 0 aliphatic rings. The summed E-state index contributed by atoms with van der Waals surface area (Å²) in [5.41, 5.74) is 2.53. The minimum Gasteiger partial charge on any atom is -0.367 e. The second-order valence-corrected chi connectivity index (χ2v) is 3.66. The summed E-state index contributed by atoms with van der Waals surface area (Å²) in [4.78, 5) is 3.04. The lowest BCUT2D eigenvalue weighted by Crippen LogP contribution is -2.11. The lowest BCUT2D eigenvalue weighted by Gasteiger charge is -1.98. The molecule has 0 radical (unpaired) electrons. The number of hydrogen-bond acceptors (Lipinski definition) is 1. The van der Waals surface area contributed by atoms with Gasteiger partial charge in [0, 0.05) is 25.5 Å². The van der Waals surface area contributed by atoms with Crippen molar-refractivity contribution in [2.24, 2.45) is 0 Å². The largest absolute Gasteiger partial charge is 0.367 e. The van der Waals surface area contributed by atoms with Crippen molar-refractivity contribution in [3.63, 3.8) is 0 Å². The molecule has 0 saturated heterocycles. The lowest BCUT2D eigenvalue weighted by atomic mass is 10.2. The molecule has 0 aliphatic carbocycles. The molecule has 1 heterocycles. The molecule has 0 unspecified atom stereocenters. The summed E-state index contributed by atoms with van der Waals surface area (Å²) in [6.07, 6.45) is 8.22. The highest BCUT2D eigenvalue weighted by Gasteiger charge is 1.89. The van der Waals surface area contributed by atoms with Gasteiger partial charge in [0.1, 0.15) is 0 Å². The molecular formula is C14H16N2. The Morgan fingerprint density at radius 3 is 2.75 bits per heavy atom. The van der Waals surface area contributed by atoms with Gasteiger partial charge in [-0.15, -0.1) is 0 Å². The zero-order valence-corrected chi connectivity index (χ0v) is 9.19. The zero-order valence-electron chi connectivity index (χ0n) is 9.19. The van der Waals surface area contributed by atoms with Crippen LogP contribution in [0.4, 0.5) is 0 Å². The van der Waals surface area contributed by atoms with Gasteiger partial charge in [0.15, 0.2) is 0 Å². The predicted octanol–water partition coefficient (Wildman–Crippen LogP) is 2.82. The van der Waals surface area contributed by atoms with Crippen molar-refractivity contribution in [3.05, 3.63) is 66.0 Å². The molecule has 82 valence electrons. The molecule has 2 heteroatoms. The Morgan fingerprint density at radius 1 is 1.12 bits per heavy atom. The maximum absolute atomic E-state index is 3.35. The average molecular weight is 212 g/mol. The summed E-state index contributed by atoms with van der Waals surface area (Å²) in [6, 6.07) is 12.4. The van der Waals surface area contributed by atoms with Gasteiger partial charge in [0.2, 0.25) is 0 Å². The minimum atomic E-state index is 0.889. The van der Waals surface area contributed by atoms with E-state index in [-0.39, 0.29) is 0 Å². The van der Waals surface area contributed by atoms with Gasteiger partial charge in [-0.25, -0.2) is 0 Å². The molecule has 0 saturated carbocycles. The quantitative estimate of drug-likeness (QED) is 0.733. The fourth-order valence-electron chi connectivity index (χ4n) is 1.53. The molecule has 0 aliphatic heterocycles. The van der Waals surface area contributed by atoms with Crippen LogP contribution in [0.1, 0.15) is 11.1 Å². The Balaban J connectivity index is 1.70. The molecular weight excluding hydrogens is 196 g/mol. The molecule has 0 spiro atoms. The van der Waals surface area contributed by atoms with Crippen LogP contribution >= 0.6 is 0 Å². The molecule has 2 nitrogen and oxygen atoms in total. The van der Waals surface area contributed by atoms with Gasteiger partial charge in [-0.3, -0.25) is 0 Å². The smallest absolute Gasteiger partial charge is 0.0223 e. The van der Waals surface area contributed by atoms with Crippen molar-refractivity contribution in [2.75, 3.05) is 6.54 Å². The molecule has 2 aromatic rings. The monoisotopic (exact) mass is 212 g/mol. The second-order valence-electron chi connectivity index (χ2n) is 3.66. The highest BCUT2D eigenvalue weighted by molar-refractivity contribution is 5.48. The third-order valence-electron chi connectivity index (χ3n) is 2.36. The summed E-state index contributed by atoms with van der Waals surface area (Å²) in [5, 5.41) is 3.35. The predicted molar refractivity (Wildman–Crippen MR) is 68.0 cm³/mol. The van der Waals surface area contributed by atoms with Crippen LogP contribution in [0.5, 0.6) is 0 Å². The van der Waals surface area contributed by atoms with E-state index in [1.165, 1.54) is 11.1 Å². The van der Waals surface area contributed by atoms with Gasteiger partial charge in [-0.2, -0.15) is 0 Å². The summed E-state index contributed by atoms with van der Waals surface area (Å²) >= 11 is 0. The summed E-state index contributed by atoms with van der Waals surface area (Å²) in [6.45, 7) is 1.79. The van der Waals surface area contributed by atoms with Crippen LogP contribution in [0.15, 0.2) is 54.9 Å². The van der Waals surface area contributed by atoms with Crippen molar-refractivity contribution >= 4 is 6.08 Å². The van der Waals surface area contributed by atoms with Crippen molar-refractivity contribution in [1.29, 1.82) is 0 Å². The van der Waals surface area contributed by atoms with E-state index in [1.54, 1.807) is 0 Å². The minimum absolute atomic E-state index is 0.889. The molecule has 2 rings (SSSR count). The summed E-state index contributed by atoms with van der Waals surface area (Å²) in [7, 11) is 0. The third kappa shape index (κ3) is 3.41. The first-order valence-electron chi connectivity index (χ1n) is 5.49. The van der Waals surface area contributed by atoms with Crippen LogP contribution in [0.3, 0.4) is 0 Å². The van der Waals surface area contributed by atoms with Crippen LogP contribution in [0, 0.1) is 0 Å². The molecule has 16 heavy (non-hydrogen) atoms. The Morgan fingerprint density at radius 2 is 2.00 bits per heavy atom. The van der Waals surface area contributed by atoms with E-state index in [0.717, 1.165) is 13.1 Å². The van der Waals surface area contributed by atoms with Crippen LogP contribution in [0.25, 0.3) is 6.08 Å². The van der Waals surface area contributed by atoms with Crippen molar-refractivity contribution in [2.45, 2.75) is 6.54 Å². The van der Waals surface area contributed by atoms with Gasteiger partial charge in [-0.05, 0) is 17.2 Å². The Bertz CT molecular complexity index is 415. The number of hydrogen-bond donors (Lipinski definition) is 2. The molecule has 1 aromatic carbocycles. The van der Waals surface area contributed by atoms with E-state index < -0.39 is 0 Å². The average Bonchev–Trinajstić information content (AvgIpc) is 2.83. The maximum atomic E-state index is 3.35. The normalized spacial score (nSPS) is 11.0. The van der Waals surface area contributed by atoms with Gasteiger partial charge < -0.3 is 10.3 Å². The number of H-pyrrole nitrogens is 1. The van der Waals surface area contributed by atoms with Crippen molar-refractivity contribution in [3.8, 4) is 0 Å². The first-order chi connectivity index (χ1) is 7.95. The van der Waals surface area contributed by atoms with Crippen LogP contribution in [0.2, 0.25) is 0 Å². The second kappa shape index (κ2) is 5.93. The fourth-order valence-corrected chi connectivity index (χ4v) is 1.53. The number of rotatable bonds is 5. The van der Waals surface area contributed by atoms with E-state index in [1.807, 2.05) is 30.6 Å². The molecule has 0 bridgehead atoms. The van der Waals surface area contributed by atoms with E-state index in [2.05, 4.69) is 40.7 Å². The number of benzene rings is 1. The van der Waals surface area contributed by atoms with Gasteiger partial charge >= 0.3 is 0 Å². The molecule has 0 fully saturated rings. The molecule has 2 N–H and O–H groups in total. The van der Waals surface area contributed by atoms with Crippen molar-refractivity contribution in [1.82, 2.24) is 10.3 Å². The number of aromatic amines is 1. The van der Waals surface area contributed by atoms with Crippen LogP contribution in [-0.4, -0.2) is 11.5 Å². The standard InChI is InChI=1S/C14H16N2/c1-2-5-13(6-3-1)7-4-9-15-11-14-8-10-16-12-14/h1-8,10,12,15-16H,9,11H2/b7-4+. The zero-order chi connectivity index (χ0) is 11.1. The van der Waals surface area contributed by atoms with E-state index >= 15 is 0 Å². The van der Waals surface area contributed by atoms with Crippen LogP contribution < -0.4 is 5.32 Å². The topological polar surface area (TPSA) is 27.8 Å². The van der Waals surface area contributed by atoms with Gasteiger partial charge in [-0.1, -0.05) is 42.5 Å². The third-order valence-corrected chi connectivity index (χ3v) is 2.36. The Kier molecular flexibility index (Phi) is 3.97. The van der Waals surface area contributed by atoms with E-state index in [4.69, 9.17) is 0 Å². The van der Waals surface area contributed by atoms with Gasteiger partial charge in [0.05, 0.1) is 0 Å². The first kappa shape index (κ1) is 10.7. The maximum Gasteiger partial charge on any atom is 0.0223 e. The molecule has 1 aromatic heterocycles. The first-order valence-corrected chi connectivity index (χ1v) is 5.49. The lowest BCUT2D eigenvalue weighted by molar-refractivity contribution is 0.762. The van der Waals surface area contributed by atoms with Crippen LogP contribution in [-0.2, 0) is 6.54 Å². The van der Waals surface area contributed by atoms with Crippen molar-refractivity contribution < 1.29 is 0 Å². The van der Waals surface area contributed by atoms with E-state index in [9.17, 15) is 0 Å². The number of aromatic nitrogens is 1. The Hall–Kier alpha value is -1.80. The molecule has 0 amide bonds. The van der Waals surface area contributed by atoms with Gasteiger partial charge in [0.25, 0.3) is 0 Å².